The maximum absolute atomic E-state index is 13.0. The molecule has 0 aliphatic heterocycles. The Balaban J connectivity index is 1.64. The van der Waals surface area contributed by atoms with Crippen LogP contribution < -0.4 is 11.2 Å². The number of carbonyl (C=O) groups is 1. The zero-order valence-corrected chi connectivity index (χ0v) is 15.8. The zero-order valence-electron chi connectivity index (χ0n) is 14.2. The van der Waals surface area contributed by atoms with Gasteiger partial charge in [-0.2, -0.15) is 8.78 Å². The smallest absolute Gasteiger partial charge is 0.288 e. The summed E-state index contributed by atoms with van der Waals surface area (Å²) in [6.07, 6.45) is 0. The van der Waals surface area contributed by atoms with Gasteiger partial charge in [0.1, 0.15) is 5.82 Å². The predicted octanol–water partition coefficient (Wildman–Crippen LogP) is 3.84. The number of nitrogen functional groups attached to an aromatic ring is 1. The first-order valence-electron chi connectivity index (χ1n) is 7.87. The number of rotatable bonds is 7. The number of halogens is 3. The van der Waals surface area contributed by atoms with Crippen molar-refractivity contribution in [1.29, 1.82) is 0 Å². The standard InChI is InChI=1S/C17H14F3N5OS2/c18-11-7-5-10(6-8-11)15-23-24-17(25(15)21)27-9-14(26)22-12-3-1-2-4-13(12)28-16(19)20/h1-8,16H,9,21H2,(H,22,26). The van der Waals surface area contributed by atoms with Gasteiger partial charge < -0.3 is 11.2 Å². The van der Waals surface area contributed by atoms with Gasteiger partial charge in [0.15, 0.2) is 5.82 Å². The topological polar surface area (TPSA) is 85.8 Å². The molecule has 0 unspecified atom stereocenters. The molecule has 0 atom stereocenters. The molecule has 146 valence electrons. The lowest BCUT2D eigenvalue weighted by molar-refractivity contribution is -0.113. The number of hydrogen-bond donors (Lipinski definition) is 2. The Morgan fingerprint density at radius 1 is 1.14 bits per heavy atom. The molecule has 1 amide bonds. The molecule has 3 N–H and O–H groups in total. The highest BCUT2D eigenvalue weighted by Gasteiger charge is 2.15. The van der Waals surface area contributed by atoms with Crippen molar-refractivity contribution in [2.45, 2.75) is 15.8 Å². The predicted molar refractivity (Wildman–Crippen MR) is 103 cm³/mol. The second kappa shape index (κ2) is 9.02. The van der Waals surface area contributed by atoms with Gasteiger partial charge in [-0.3, -0.25) is 4.79 Å². The number of nitrogens with zero attached hydrogens (tertiary/aromatic N) is 3. The first-order valence-corrected chi connectivity index (χ1v) is 9.73. The maximum Gasteiger partial charge on any atom is 0.288 e. The highest BCUT2D eigenvalue weighted by molar-refractivity contribution is 8.00. The summed E-state index contributed by atoms with van der Waals surface area (Å²) in [6, 6.07) is 11.9. The summed E-state index contributed by atoms with van der Waals surface area (Å²) in [6.45, 7) is 0. The van der Waals surface area contributed by atoms with Crippen LogP contribution in [-0.4, -0.2) is 32.3 Å². The van der Waals surface area contributed by atoms with Crippen molar-refractivity contribution in [2.24, 2.45) is 0 Å². The lowest BCUT2D eigenvalue weighted by atomic mass is 10.2. The summed E-state index contributed by atoms with van der Waals surface area (Å²) in [5.74, 6) is 2.84. The van der Waals surface area contributed by atoms with E-state index in [0.717, 1.165) is 11.8 Å². The Hall–Kier alpha value is -2.66. The van der Waals surface area contributed by atoms with E-state index in [4.69, 9.17) is 5.84 Å². The van der Waals surface area contributed by atoms with Gasteiger partial charge in [-0.25, -0.2) is 9.07 Å². The Kier molecular flexibility index (Phi) is 6.47. The number of amides is 1. The molecule has 0 radical (unpaired) electrons. The molecule has 3 rings (SSSR count). The third-order valence-corrected chi connectivity index (χ3v) is 5.21. The van der Waals surface area contributed by atoms with Crippen LogP contribution in [-0.2, 0) is 4.79 Å². The maximum atomic E-state index is 13.0. The van der Waals surface area contributed by atoms with Crippen molar-refractivity contribution in [3.05, 3.63) is 54.3 Å². The van der Waals surface area contributed by atoms with E-state index in [2.05, 4.69) is 15.5 Å². The van der Waals surface area contributed by atoms with Gasteiger partial charge in [0.2, 0.25) is 11.1 Å². The molecule has 6 nitrogen and oxygen atoms in total. The molecule has 3 aromatic rings. The van der Waals surface area contributed by atoms with Crippen LogP contribution in [0.15, 0.2) is 58.6 Å². The molecule has 11 heteroatoms. The summed E-state index contributed by atoms with van der Waals surface area (Å²) < 4.78 is 39.4. The fourth-order valence-corrected chi connectivity index (χ4v) is 3.51. The number of aromatic nitrogens is 3. The number of carbonyl (C=O) groups excluding carboxylic acids is 1. The molecule has 0 saturated heterocycles. The van der Waals surface area contributed by atoms with Gasteiger partial charge in [-0.1, -0.05) is 35.7 Å². The minimum Gasteiger partial charge on any atom is -0.335 e. The highest BCUT2D eigenvalue weighted by Crippen LogP contribution is 2.31. The summed E-state index contributed by atoms with van der Waals surface area (Å²) >= 11 is 1.39. The summed E-state index contributed by atoms with van der Waals surface area (Å²) in [4.78, 5) is 12.5. The quantitative estimate of drug-likeness (QED) is 0.442. The molecule has 2 aromatic carbocycles. The van der Waals surface area contributed by atoms with Crippen LogP contribution in [0.2, 0.25) is 0 Å². The molecular weight excluding hydrogens is 411 g/mol. The highest BCUT2D eigenvalue weighted by atomic mass is 32.2. The van der Waals surface area contributed by atoms with Crippen LogP contribution in [0.25, 0.3) is 11.4 Å². The molecule has 0 saturated carbocycles. The van der Waals surface area contributed by atoms with Crippen molar-refractivity contribution in [3.8, 4) is 11.4 Å². The Morgan fingerprint density at radius 3 is 2.57 bits per heavy atom. The molecule has 0 fully saturated rings. The molecule has 0 aliphatic rings. The Labute approximate surface area is 166 Å². The summed E-state index contributed by atoms with van der Waals surface area (Å²) in [5.41, 5.74) is 0.880. The average molecular weight is 425 g/mol. The van der Waals surface area contributed by atoms with E-state index in [9.17, 15) is 18.0 Å². The number of para-hydroxylation sites is 1. The van der Waals surface area contributed by atoms with Crippen LogP contribution in [0, 0.1) is 5.82 Å². The molecule has 0 bridgehead atoms. The average Bonchev–Trinajstić information content (AvgIpc) is 3.02. The second-order valence-electron chi connectivity index (χ2n) is 5.39. The van der Waals surface area contributed by atoms with E-state index in [1.807, 2.05) is 0 Å². The fourth-order valence-electron chi connectivity index (χ4n) is 2.26. The van der Waals surface area contributed by atoms with Crippen molar-refractivity contribution in [2.75, 3.05) is 16.9 Å². The third-order valence-electron chi connectivity index (χ3n) is 3.48. The second-order valence-corrected chi connectivity index (χ2v) is 7.37. The molecule has 0 spiro atoms. The van der Waals surface area contributed by atoms with Gasteiger partial charge >= 0.3 is 0 Å². The fraction of sp³-hybridized carbons (Fsp3) is 0.118. The largest absolute Gasteiger partial charge is 0.335 e. The molecule has 1 aromatic heterocycles. The summed E-state index contributed by atoms with van der Waals surface area (Å²) in [7, 11) is 0. The number of thioether (sulfide) groups is 2. The van der Waals surface area contributed by atoms with Crippen molar-refractivity contribution < 1.29 is 18.0 Å². The number of hydrogen-bond acceptors (Lipinski definition) is 6. The van der Waals surface area contributed by atoms with Gasteiger partial charge in [0.25, 0.3) is 5.76 Å². The van der Waals surface area contributed by atoms with E-state index in [0.29, 0.717) is 28.8 Å². The van der Waals surface area contributed by atoms with Crippen LogP contribution in [0.1, 0.15) is 0 Å². The van der Waals surface area contributed by atoms with Gasteiger partial charge in [-0.15, -0.1) is 10.2 Å². The third kappa shape index (κ3) is 4.98. The molecular formula is C17H14F3N5OS2. The van der Waals surface area contributed by atoms with E-state index in [-0.39, 0.29) is 21.6 Å². The van der Waals surface area contributed by atoms with Crippen LogP contribution in [0.5, 0.6) is 0 Å². The van der Waals surface area contributed by atoms with Gasteiger partial charge in [0, 0.05) is 10.5 Å². The van der Waals surface area contributed by atoms with Crippen molar-refractivity contribution in [1.82, 2.24) is 14.9 Å². The van der Waals surface area contributed by atoms with Crippen molar-refractivity contribution >= 4 is 35.1 Å². The lowest BCUT2D eigenvalue weighted by Gasteiger charge is -2.10. The molecule has 0 aliphatic carbocycles. The van der Waals surface area contributed by atoms with Crippen LogP contribution in [0.4, 0.5) is 18.9 Å². The minimum absolute atomic E-state index is 0.0492. The normalized spacial score (nSPS) is 11.0. The monoisotopic (exact) mass is 425 g/mol. The van der Waals surface area contributed by atoms with Crippen LogP contribution >= 0.6 is 23.5 Å². The first kappa shape index (κ1) is 20.1. The SMILES string of the molecule is Nn1c(SCC(=O)Nc2ccccc2SC(F)F)nnc1-c1ccc(F)cc1. The summed E-state index contributed by atoms with van der Waals surface area (Å²) in [5, 5.41) is 10.8. The molecule has 28 heavy (non-hydrogen) atoms. The number of anilines is 1. The van der Waals surface area contributed by atoms with Gasteiger partial charge in [0.05, 0.1) is 11.4 Å². The zero-order chi connectivity index (χ0) is 20.1. The lowest BCUT2D eigenvalue weighted by Crippen LogP contribution is -2.17. The first-order chi connectivity index (χ1) is 13.4. The van der Waals surface area contributed by atoms with E-state index >= 15 is 0 Å². The molecule has 1 heterocycles. The van der Waals surface area contributed by atoms with E-state index in [1.54, 1.807) is 18.2 Å². The van der Waals surface area contributed by atoms with Crippen molar-refractivity contribution in [3.63, 3.8) is 0 Å². The minimum atomic E-state index is -2.59. The number of alkyl halides is 2. The number of benzene rings is 2. The Morgan fingerprint density at radius 2 is 1.86 bits per heavy atom. The number of nitrogens with one attached hydrogen (secondary N) is 1. The van der Waals surface area contributed by atoms with E-state index in [1.165, 1.54) is 35.0 Å². The van der Waals surface area contributed by atoms with Gasteiger partial charge in [-0.05, 0) is 36.4 Å². The van der Waals surface area contributed by atoms with E-state index < -0.39 is 11.7 Å². The number of nitrogens with two attached hydrogens (primary N) is 1. The van der Waals surface area contributed by atoms with Crippen LogP contribution in [0.3, 0.4) is 0 Å². The Bertz CT molecular complexity index is 966.